The zero-order valence-corrected chi connectivity index (χ0v) is 11.4. The fourth-order valence-corrected chi connectivity index (χ4v) is 3.50. The molecule has 0 bridgehead atoms. The third-order valence-electron chi connectivity index (χ3n) is 3.30. The molecule has 2 rings (SSSR count). The van der Waals surface area contributed by atoms with E-state index in [9.17, 15) is 22.3 Å². The first kappa shape index (κ1) is 15.3. The Balaban J connectivity index is 2.27. The van der Waals surface area contributed by atoms with Crippen molar-refractivity contribution in [2.24, 2.45) is 0 Å². The van der Waals surface area contributed by atoms with Gasteiger partial charge in [0.15, 0.2) is 11.6 Å². The van der Waals surface area contributed by atoms with Gasteiger partial charge in [0.25, 0.3) is 0 Å². The number of ether oxygens (including phenoxy) is 1. The maximum atomic E-state index is 13.1. The maximum Gasteiger partial charge on any atom is 0.241 e. The van der Waals surface area contributed by atoms with E-state index in [2.05, 4.69) is 4.72 Å². The fraction of sp³-hybridized carbons (Fsp3) is 0.500. The van der Waals surface area contributed by atoms with Crippen molar-refractivity contribution in [3.8, 4) is 0 Å². The van der Waals surface area contributed by atoms with Gasteiger partial charge >= 0.3 is 0 Å². The highest BCUT2D eigenvalue weighted by molar-refractivity contribution is 7.89. The Morgan fingerprint density at radius 2 is 1.90 bits per heavy atom. The summed E-state index contributed by atoms with van der Waals surface area (Å²) in [5.74, 6) is -2.36. The lowest BCUT2D eigenvalue weighted by Crippen LogP contribution is -2.54. The van der Waals surface area contributed by atoms with Gasteiger partial charge < -0.3 is 9.84 Å². The minimum atomic E-state index is -4.04. The normalized spacial score (nSPS) is 18.9. The summed E-state index contributed by atoms with van der Waals surface area (Å²) in [6.07, 6.45) is 0.624. The summed E-state index contributed by atoms with van der Waals surface area (Å²) in [6, 6.07) is 2.34. The standard InChI is InChI=1S/C12H15F2NO4S/c13-10-2-1-9(7-11(10)14)20(17,18)15-12(8-16)3-5-19-6-4-12/h1-2,7,15-16H,3-6,8H2. The molecule has 0 atom stereocenters. The summed E-state index contributed by atoms with van der Waals surface area (Å²) < 4.78 is 57.8. The molecule has 0 aromatic heterocycles. The lowest BCUT2D eigenvalue weighted by molar-refractivity contribution is 0.0223. The van der Waals surface area contributed by atoms with Crippen LogP contribution in [0.5, 0.6) is 0 Å². The van der Waals surface area contributed by atoms with Gasteiger partial charge in [-0.1, -0.05) is 0 Å². The van der Waals surface area contributed by atoms with E-state index < -0.39 is 27.2 Å². The Morgan fingerprint density at radius 1 is 1.25 bits per heavy atom. The van der Waals surface area contributed by atoms with Crippen LogP contribution in [-0.2, 0) is 14.8 Å². The smallest absolute Gasteiger partial charge is 0.241 e. The summed E-state index contributed by atoms with van der Waals surface area (Å²) in [6.45, 7) is 0.251. The Kier molecular flexibility index (Phi) is 4.38. The second-order valence-electron chi connectivity index (χ2n) is 4.73. The molecule has 0 spiro atoms. The molecule has 0 unspecified atom stereocenters. The van der Waals surface area contributed by atoms with E-state index >= 15 is 0 Å². The van der Waals surface area contributed by atoms with Gasteiger partial charge in [-0.15, -0.1) is 0 Å². The number of aliphatic hydroxyl groups is 1. The summed E-state index contributed by atoms with van der Waals surface area (Å²) in [4.78, 5) is -0.379. The van der Waals surface area contributed by atoms with E-state index in [-0.39, 0.29) is 11.5 Å². The van der Waals surface area contributed by atoms with E-state index in [1.165, 1.54) is 0 Å². The predicted molar refractivity (Wildman–Crippen MR) is 66.5 cm³/mol. The van der Waals surface area contributed by atoms with Crippen molar-refractivity contribution in [3.05, 3.63) is 29.8 Å². The molecule has 5 nitrogen and oxygen atoms in total. The highest BCUT2D eigenvalue weighted by Crippen LogP contribution is 2.23. The topological polar surface area (TPSA) is 75.6 Å². The SMILES string of the molecule is O=S(=O)(NC1(CO)CCOCC1)c1ccc(F)c(F)c1. The molecule has 1 saturated heterocycles. The molecule has 1 aliphatic heterocycles. The van der Waals surface area contributed by atoms with Crippen molar-refractivity contribution in [3.63, 3.8) is 0 Å². The average molecular weight is 307 g/mol. The number of sulfonamides is 1. The monoisotopic (exact) mass is 307 g/mol. The van der Waals surface area contributed by atoms with Crippen molar-refractivity contribution in [1.29, 1.82) is 0 Å². The van der Waals surface area contributed by atoms with Gasteiger partial charge in [0.2, 0.25) is 10.0 Å². The number of rotatable bonds is 4. The lowest BCUT2D eigenvalue weighted by Gasteiger charge is -2.35. The van der Waals surface area contributed by atoms with Gasteiger partial charge in [-0.25, -0.2) is 21.9 Å². The summed E-state index contributed by atoms with van der Waals surface area (Å²) >= 11 is 0. The van der Waals surface area contributed by atoms with E-state index in [4.69, 9.17) is 4.74 Å². The van der Waals surface area contributed by atoms with Crippen LogP contribution in [0, 0.1) is 11.6 Å². The van der Waals surface area contributed by atoms with Crippen LogP contribution in [0.3, 0.4) is 0 Å². The highest BCUT2D eigenvalue weighted by Gasteiger charge is 2.36. The van der Waals surface area contributed by atoms with Crippen LogP contribution in [0.15, 0.2) is 23.1 Å². The Labute approximate surface area is 115 Å². The Bertz CT molecular complexity index is 585. The number of hydrogen-bond donors (Lipinski definition) is 2. The second kappa shape index (κ2) is 5.72. The molecule has 112 valence electrons. The lowest BCUT2D eigenvalue weighted by atomic mass is 9.93. The molecule has 0 radical (unpaired) electrons. The molecule has 1 fully saturated rings. The molecular formula is C12H15F2NO4S. The van der Waals surface area contributed by atoms with Crippen LogP contribution in [0.1, 0.15) is 12.8 Å². The third kappa shape index (κ3) is 3.14. The first-order valence-electron chi connectivity index (χ1n) is 6.06. The van der Waals surface area contributed by atoms with E-state index in [0.717, 1.165) is 12.1 Å². The van der Waals surface area contributed by atoms with Gasteiger partial charge in [-0.05, 0) is 31.0 Å². The van der Waals surface area contributed by atoms with Crippen molar-refractivity contribution in [2.75, 3.05) is 19.8 Å². The van der Waals surface area contributed by atoms with Gasteiger partial charge in [-0.3, -0.25) is 0 Å². The van der Waals surface area contributed by atoms with Crippen LogP contribution in [0.2, 0.25) is 0 Å². The third-order valence-corrected chi connectivity index (χ3v) is 4.88. The van der Waals surface area contributed by atoms with E-state index in [1.807, 2.05) is 0 Å². The molecule has 1 heterocycles. The number of nitrogens with one attached hydrogen (secondary N) is 1. The molecule has 0 aliphatic carbocycles. The zero-order chi connectivity index (χ0) is 14.8. The second-order valence-corrected chi connectivity index (χ2v) is 6.41. The van der Waals surface area contributed by atoms with Crippen molar-refractivity contribution >= 4 is 10.0 Å². The van der Waals surface area contributed by atoms with Gasteiger partial charge in [0.1, 0.15) is 0 Å². The van der Waals surface area contributed by atoms with Crippen molar-refractivity contribution in [2.45, 2.75) is 23.3 Å². The Hall–Kier alpha value is -1.09. The van der Waals surface area contributed by atoms with Crippen LogP contribution in [-0.4, -0.2) is 38.9 Å². The van der Waals surface area contributed by atoms with Crippen molar-refractivity contribution < 1.29 is 27.0 Å². The average Bonchev–Trinajstić information content (AvgIpc) is 2.42. The summed E-state index contributed by atoms with van der Waals surface area (Å²) in [5, 5.41) is 9.43. The molecule has 1 aliphatic rings. The number of aliphatic hydroxyl groups excluding tert-OH is 1. The van der Waals surface area contributed by atoms with Crippen molar-refractivity contribution in [1.82, 2.24) is 4.72 Å². The molecule has 0 amide bonds. The molecule has 8 heteroatoms. The number of hydrogen-bond acceptors (Lipinski definition) is 4. The quantitative estimate of drug-likeness (QED) is 0.862. The largest absolute Gasteiger partial charge is 0.394 e. The van der Waals surface area contributed by atoms with E-state index in [0.29, 0.717) is 32.1 Å². The van der Waals surface area contributed by atoms with Crippen LogP contribution in [0.25, 0.3) is 0 Å². The minimum absolute atomic E-state index is 0.312. The fourth-order valence-electron chi connectivity index (χ4n) is 2.04. The summed E-state index contributed by atoms with van der Waals surface area (Å²) in [7, 11) is -4.04. The van der Waals surface area contributed by atoms with Gasteiger partial charge in [0.05, 0.1) is 17.0 Å². The first-order valence-corrected chi connectivity index (χ1v) is 7.54. The van der Waals surface area contributed by atoms with Gasteiger partial charge in [0, 0.05) is 13.2 Å². The first-order chi connectivity index (χ1) is 9.38. The maximum absolute atomic E-state index is 13.1. The minimum Gasteiger partial charge on any atom is -0.394 e. The van der Waals surface area contributed by atoms with Crippen LogP contribution >= 0.6 is 0 Å². The number of benzene rings is 1. The predicted octanol–water partition coefficient (Wildman–Crippen LogP) is 0.785. The van der Waals surface area contributed by atoms with Gasteiger partial charge in [-0.2, -0.15) is 0 Å². The number of halogens is 2. The summed E-state index contributed by atoms with van der Waals surface area (Å²) in [5.41, 5.74) is -1.03. The van der Waals surface area contributed by atoms with Crippen LogP contribution < -0.4 is 4.72 Å². The molecule has 1 aromatic carbocycles. The zero-order valence-electron chi connectivity index (χ0n) is 10.6. The molecule has 1 aromatic rings. The molecular weight excluding hydrogens is 292 g/mol. The highest BCUT2D eigenvalue weighted by atomic mass is 32.2. The molecule has 20 heavy (non-hydrogen) atoms. The molecule has 0 saturated carbocycles. The Morgan fingerprint density at radius 3 is 2.45 bits per heavy atom. The van der Waals surface area contributed by atoms with Crippen LogP contribution in [0.4, 0.5) is 8.78 Å². The molecule has 2 N–H and O–H groups in total. The van der Waals surface area contributed by atoms with E-state index in [1.54, 1.807) is 0 Å².